The molecule has 0 radical (unpaired) electrons. The number of hydrogen-bond acceptors (Lipinski definition) is 4. The Morgan fingerprint density at radius 1 is 1.16 bits per heavy atom. The first kappa shape index (κ1) is 20.8. The third-order valence-corrected chi connectivity index (χ3v) is 5.92. The molecule has 3 aromatic rings. The second-order valence-electron chi connectivity index (χ2n) is 8.08. The van der Waals surface area contributed by atoms with Crippen molar-refractivity contribution in [2.75, 3.05) is 0 Å². The molecule has 162 valence electrons. The largest absolute Gasteiger partial charge is 0.349 e. The van der Waals surface area contributed by atoms with Gasteiger partial charge in [-0.1, -0.05) is 30.3 Å². The number of aryl methyl sites for hydroxylation is 5. The maximum atomic E-state index is 13.0. The molecule has 8 nitrogen and oxygen atoms in total. The Morgan fingerprint density at radius 2 is 1.94 bits per heavy atom. The summed E-state index contributed by atoms with van der Waals surface area (Å²) < 4.78 is 4.61. The van der Waals surface area contributed by atoms with Crippen molar-refractivity contribution in [1.29, 1.82) is 0 Å². The Hall–Kier alpha value is -3.42. The topological polar surface area (TPSA) is 90.9 Å². The van der Waals surface area contributed by atoms with E-state index in [4.69, 9.17) is 0 Å². The molecule has 1 unspecified atom stereocenters. The van der Waals surface area contributed by atoms with Gasteiger partial charge >= 0.3 is 5.69 Å². The standard InChI is InChI=1S/C23H27N5O3/c1-16-10-13-27(14-11-17-6-4-3-5-7-17)22(30)20(16)21(29)24-18-8-9-19-25-26(2)23(31)28(19)15-12-18/h3-7,10,13,18H,8-9,11-12,14-15H2,1-2H3,(H,24,29). The van der Waals surface area contributed by atoms with E-state index in [1.54, 1.807) is 29.3 Å². The lowest BCUT2D eigenvalue weighted by Crippen LogP contribution is -2.40. The molecule has 1 aliphatic rings. The molecule has 0 spiro atoms. The summed E-state index contributed by atoms with van der Waals surface area (Å²) in [6, 6.07) is 11.7. The summed E-state index contributed by atoms with van der Waals surface area (Å²) in [6.07, 6.45) is 4.37. The van der Waals surface area contributed by atoms with Crippen LogP contribution in [0, 0.1) is 6.92 Å². The number of aromatic nitrogens is 4. The van der Waals surface area contributed by atoms with Crippen molar-refractivity contribution in [3.63, 3.8) is 0 Å². The molecular formula is C23H27N5O3. The SMILES string of the molecule is Cc1ccn(CCc2ccccc2)c(=O)c1C(=O)NC1CCc2nn(C)c(=O)n2CC1. The molecule has 31 heavy (non-hydrogen) atoms. The Kier molecular flexibility index (Phi) is 5.88. The highest BCUT2D eigenvalue weighted by Crippen LogP contribution is 2.13. The Balaban J connectivity index is 1.47. The van der Waals surface area contributed by atoms with E-state index in [0.29, 0.717) is 44.3 Å². The minimum absolute atomic E-state index is 0.115. The van der Waals surface area contributed by atoms with Gasteiger partial charge in [-0.25, -0.2) is 9.48 Å². The lowest BCUT2D eigenvalue weighted by molar-refractivity contribution is 0.0930. The molecule has 1 N–H and O–H groups in total. The van der Waals surface area contributed by atoms with Crippen molar-refractivity contribution in [2.24, 2.45) is 7.05 Å². The Morgan fingerprint density at radius 3 is 2.71 bits per heavy atom. The Bertz CT molecular complexity index is 1210. The zero-order valence-electron chi connectivity index (χ0n) is 17.9. The summed E-state index contributed by atoms with van der Waals surface area (Å²) >= 11 is 0. The smallest absolute Gasteiger partial charge is 0.345 e. The van der Waals surface area contributed by atoms with Gasteiger partial charge in [0.15, 0.2) is 0 Å². The molecule has 8 heteroatoms. The number of nitrogens with one attached hydrogen (secondary N) is 1. The van der Waals surface area contributed by atoms with Crippen LogP contribution in [-0.4, -0.2) is 30.9 Å². The zero-order chi connectivity index (χ0) is 22.0. The number of pyridine rings is 1. The first-order chi connectivity index (χ1) is 14.9. The number of carbonyl (C=O) groups is 1. The summed E-state index contributed by atoms with van der Waals surface area (Å²) in [5.41, 5.74) is 1.58. The Labute approximate surface area is 180 Å². The minimum atomic E-state index is -0.353. The average Bonchev–Trinajstić information content (AvgIpc) is 2.90. The van der Waals surface area contributed by atoms with E-state index < -0.39 is 0 Å². The van der Waals surface area contributed by atoms with Gasteiger partial charge in [0, 0.05) is 38.8 Å². The molecular weight excluding hydrogens is 394 g/mol. The highest BCUT2D eigenvalue weighted by atomic mass is 16.2. The van der Waals surface area contributed by atoms with Crippen LogP contribution in [0.25, 0.3) is 0 Å². The van der Waals surface area contributed by atoms with Crippen LogP contribution in [0.2, 0.25) is 0 Å². The fourth-order valence-corrected chi connectivity index (χ4v) is 4.11. The van der Waals surface area contributed by atoms with Gasteiger partial charge in [0.05, 0.1) is 0 Å². The number of rotatable bonds is 5. The van der Waals surface area contributed by atoms with E-state index in [2.05, 4.69) is 10.4 Å². The second kappa shape index (κ2) is 8.75. The molecule has 0 aliphatic carbocycles. The highest BCUT2D eigenvalue weighted by Gasteiger charge is 2.23. The predicted molar refractivity (Wildman–Crippen MR) is 117 cm³/mol. The normalized spacial score (nSPS) is 15.9. The third-order valence-electron chi connectivity index (χ3n) is 5.92. The fraction of sp³-hybridized carbons (Fsp3) is 0.391. The summed E-state index contributed by atoms with van der Waals surface area (Å²) in [5.74, 6) is 0.386. The number of fused-ring (bicyclic) bond motifs is 1. The number of nitrogens with zero attached hydrogens (tertiary/aromatic N) is 4. The molecule has 1 aromatic carbocycles. The first-order valence-electron chi connectivity index (χ1n) is 10.6. The van der Waals surface area contributed by atoms with Gasteiger partial charge in [0.25, 0.3) is 11.5 Å². The lowest BCUT2D eigenvalue weighted by Gasteiger charge is -2.17. The molecule has 1 amide bonds. The predicted octanol–water partition coefficient (Wildman–Crippen LogP) is 1.43. The van der Waals surface area contributed by atoms with Gasteiger partial charge < -0.3 is 9.88 Å². The summed E-state index contributed by atoms with van der Waals surface area (Å²) in [7, 11) is 1.64. The van der Waals surface area contributed by atoms with Crippen LogP contribution in [0.4, 0.5) is 0 Å². The van der Waals surface area contributed by atoms with Crippen molar-refractivity contribution in [3.8, 4) is 0 Å². The number of benzene rings is 1. The van der Waals surface area contributed by atoms with E-state index in [1.807, 2.05) is 36.4 Å². The first-order valence-corrected chi connectivity index (χ1v) is 10.6. The molecule has 0 bridgehead atoms. The lowest BCUT2D eigenvalue weighted by atomic mass is 10.1. The van der Waals surface area contributed by atoms with Crippen LogP contribution in [-0.2, 0) is 33.0 Å². The number of hydrogen-bond donors (Lipinski definition) is 1. The van der Waals surface area contributed by atoms with Crippen molar-refractivity contribution in [1.82, 2.24) is 24.2 Å². The van der Waals surface area contributed by atoms with Gasteiger partial charge in [-0.15, -0.1) is 0 Å². The van der Waals surface area contributed by atoms with Crippen molar-refractivity contribution in [2.45, 2.75) is 51.7 Å². The molecule has 2 aromatic heterocycles. The van der Waals surface area contributed by atoms with Crippen LogP contribution in [0.15, 0.2) is 52.2 Å². The van der Waals surface area contributed by atoms with Gasteiger partial charge in [-0.3, -0.25) is 14.2 Å². The number of amides is 1. The van der Waals surface area contributed by atoms with Crippen LogP contribution < -0.4 is 16.6 Å². The minimum Gasteiger partial charge on any atom is -0.349 e. The van der Waals surface area contributed by atoms with Gasteiger partial charge in [0.2, 0.25) is 0 Å². The number of carbonyl (C=O) groups excluding carboxylic acids is 1. The van der Waals surface area contributed by atoms with Gasteiger partial charge in [-0.05, 0) is 43.4 Å². The maximum Gasteiger partial charge on any atom is 0.345 e. The molecule has 3 heterocycles. The highest BCUT2D eigenvalue weighted by molar-refractivity contribution is 5.95. The molecule has 1 aliphatic heterocycles. The van der Waals surface area contributed by atoms with E-state index in [0.717, 1.165) is 11.4 Å². The van der Waals surface area contributed by atoms with Crippen LogP contribution in [0.5, 0.6) is 0 Å². The van der Waals surface area contributed by atoms with E-state index in [1.165, 1.54) is 4.68 Å². The molecule has 4 rings (SSSR count). The van der Waals surface area contributed by atoms with E-state index in [-0.39, 0.29) is 28.8 Å². The monoisotopic (exact) mass is 421 g/mol. The van der Waals surface area contributed by atoms with Crippen molar-refractivity contribution >= 4 is 5.91 Å². The van der Waals surface area contributed by atoms with E-state index in [9.17, 15) is 14.4 Å². The van der Waals surface area contributed by atoms with Gasteiger partial charge in [-0.2, -0.15) is 5.10 Å². The summed E-state index contributed by atoms with van der Waals surface area (Å²) in [5, 5.41) is 7.28. The average molecular weight is 422 g/mol. The van der Waals surface area contributed by atoms with Crippen LogP contribution in [0.1, 0.15) is 40.2 Å². The third kappa shape index (κ3) is 4.38. The summed E-state index contributed by atoms with van der Waals surface area (Å²) in [6.45, 7) is 2.80. The molecule has 0 saturated heterocycles. The second-order valence-corrected chi connectivity index (χ2v) is 8.08. The maximum absolute atomic E-state index is 13.0. The van der Waals surface area contributed by atoms with Crippen molar-refractivity contribution in [3.05, 3.63) is 85.9 Å². The quantitative estimate of drug-likeness (QED) is 0.675. The van der Waals surface area contributed by atoms with Crippen LogP contribution in [0.3, 0.4) is 0 Å². The molecule has 0 fully saturated rings. The molecule has 1 atom stereocenters. The zero-order valence-corrected chi connectivity index (χ0v) is 17.9. The summed E-state index contributed by atoms with van der Waals surface area (Å²) in [4.78, 5) is 38.2. The van der Waals surface area contributed by atoms with Crippen molar-refractivity contribution < 1.29 is 4.79 Å². The fourth-order valence-electron chi connectivity index (χ4n) is 4.11. The van der Waals surface area contributed by atoms with Crippen LogP contribution >= 0.6 is 0 Å². The van der Waals surface area contributed by atoms with Gasteiger partial charge in [0.1, 0.15) is 11.4 Å². The molecule has 0 saturated carbocycles. The van der Waals surface area contributed by atoms with E-state index >= 15 is 0 Å².